The first-order valence-electron chi connectivity index (χ1n) is 4.83. The second-order valence-electron chi connectivity index (χ2n) is 4.31. The minimum atomic E-state index is -1.04. The molecular weight excluding hydrogens is 211 g/mol. The van der Waals surface area contributed by atoms with Crippen LogP contribution in [0, 0.1) is 5.82 Å². The number of benzene rings is 1. The summed E-state index contributed by atoms with van der Waals surface area (Å²) in [6, 6.07) is 5.31. The van der Waals surface area contributed by atoms with Gasteiger partial charge < -0.3 is 4.74 Å². The van der Waals surface area contributed by atoms with E-state index in [1.165, 1.54) is 18.2 Å². The Balaban J connectivity index is 2.88. The minimum Gasteiger partial charge on any atom is -0.454 e. The van der Waals surface area contributed by atoms with E-state index in [-0.39, 0.29) is 5.56 Å². The number of esters is 1. The molecule has 0 N–H and O–H groups in total. The van der Waals surface area contributed by atoms with Crippen LogP contribution in [-0.4, -0.2) is 17.4 Å². The molecule has 0 unspecified atom stereocenters. The number of Topliss-reactive ketones (excluding diaryl/α,β-unsaturated/α-hetero) is 1. The SMILES string of the molecule is CC(C)(C)OC(=O)C(=O)c1ccccc1F. The smallest absolute Gasteiger partial charge is 0.380 e. The number of rotatable bonds is 2. The Morgan fingerprint density at radius 2 is 1.75 bits per heavy atom. The standard InChI is InChI=1S/C12H13FO3/c1-12(2,3)16-11(15)10(14)8-6-4-5-7-9(8)13/h4-7H,1-3H3. The van der Waals surface area contributed by atoms with Gasteiger partial charge in [-0.3, -0.25) is 4.79 Å². The number of carbonyl (C=O) groups is 2. The summed E-state index contributed by atoms with van der Waals surface area (Å²) in [6.07, 6.45) is 0. The Hall–Kier alpha value is -1.71. The van der Waals surface area contributed by atoms with E-state index < -0.39 is 23.2 Å². The van der Waals surface area contributed by atoms with Crippen molar-refractivity contribution in [3.63, 3.8) is 0 Å². The van der Waals surface area contributed by atoms with Crippen LogP contribution < -0.4 is 0 Å². The highest BCUT2D eigenvalue weighted by Gasteiger charge is 2.25. The van der Waals surface area contributed by atoms with Gasteiger partial charge in [-0.25, -0.2) is 9.18 Å². The summed E-state index contributed by atoms with van der Waals surface area (Å²) in [5, 5.41) is 0. The number of halogens is 1. The maximum Gasteiger partial charge on any atom is 0.380 e. The van der Waals surface area contributed by atoms with E-state index >= 15 is 0 Å². The third kappa shape index (κ3) is 3.15. The van der Waals surface area contributed by atoms with E-state index in [0.717, 1.165) is 6.07 Å². The summed E-state index contributed by atoms with van der Waals surface area (Å²) in [5.74, 6) is -2.73. The van der Waals surface area contributed by atoms with Gasteiger partial charge in [-0.1, -0.05) is 12.1 Å². The molecule has 0 aliphatic heterocycles. The van der Waals surface area contributed by atoms with Crippen molar-refractivity contribution in [3.05, 3.63) is 35.6 Å². The molecule has 0 atom stereocenters. The predicted molar refractivity (Wildman–Crippen MR) is 56.6 cm³/mol. The van der Waals surface area contributed by atoms with E-state index in [0.29, 0.717) is 0 Å². The monoisotopic (exact) mass is 224 g/mol. The van der Waals surface area contributed by atoms with Gasteiger partial charge in [0.2, 0.25) is 0 Å². The Morgan fingerprint density at radius 1 is 1.19 bits per heavy atom. The summed E-state index contributed by atoms with van der Waals surface area (Å²) in [7, 11) is 0. The van der Waals surface area contributed by atoms with E-state index in [4.69, 9.17) is 4.74 Å². The molecule has 3 nitrogen and oxygen atoms in total. The zero-order valence-electron chi connectivity index (χ0n) is 9.41. The van der Waals surface area contributed by atoms with Gasteiger partial charge >= 0.3 is 5.97 Å². The lowest BCUT2D eigenvalue weighted by molar-refractivity contribution is -0.148. The largest absolute Gasteiger partial charge is 0.454 e. The van der Waals surface area contributed by atoms with Crippen LogP contribution in [0.5, 0.6) is 0 Å². The van der Waals surface area contributed by atoms with Gasteiger partial charge in [0, 0.05) is 0 Å². The number of ether oxygens (including phenoxy) is 1. The molecule has 0 bridgehead atoms. The fourth-order valence-electron chi connectivity index (χ4n) is 1.08. The average Bonchev–Trinajstić information content (AvgIpc) is 2.15. The van der Waals surface area contributed by atoms with Crippen LogP contribution in [-0.2, 0) is 9.53 Å². The molecule has 0 saturated carbocycles. The number of hydrogen-bond acceptors (Lipinski definition) is 3. The highest BCUT2D eigenvalue weighted by molar-refractivity contribution is 6.40. The van der Waals surface area contributed by atoms with E-state index in [1.54, 1.807) is 20.8 Å². The number of carbonyl (C=O) groups excluding carboxylic acids is 2. The molecule has 0 aromatic heterocycles. The van der Waals surface area contributed by atoms with Crippen molar-refractivity contribution < 1.29 is 18.7 Å². The highest BCUT2D eigenvalue weighted by atomic mass is 19.1. The first kappa shape index (κ1) is 12.4. The summed E-state index contributed by atoms with van der Waals surface area (Å²) >= 11 is 0. The molecule has 0 aliphatic rings. The molecule has 1 aromatic carbocycles. The lowest BCUT2D eigenvalue weighted by Gasteiger charge is -2.18. The van der Waals surface area contributed by atoms with Crippen molar-refractivity contribution in [1.29, 1.82) is 0 Å². The van der Waals surface area contributed by atoms with Crippen molar-refractivity contribution in [1.82, 2.24) is 0 Å². The Bertz CT molecular complexity index is 419. The third-order valence-electron chi connectivity index (χ3n) is 1.70. The fraction of sp³-hybridized carbons (Fsp3) is 0.333. The molecule has 1 rings (SSSR count). The summed E-state index contributed by atoms with van der Waals surface area (Å²) < 4.78 is 18.1. The highest BCUT2D eigenvalue weighted by Crippen LogP contribution is 2.12. The Labute approximate surface area is 93.2 Å². The van der Waals surface area contributed by atoms with Crippen molar-refractivity contribution in [2.45, 2.75) is 26.4 Å². The minimum absolute atomic E-state index is 0.267. The van der Waals surface area contributed by atoms with Crippen LogP contribution in [0.4, 0.5) is 4.39 Å². The summed E-state index contributed by atoms with van der Waals surface area (Å²) in [4.78, 5) is 22.9. The van der Waals surface area contributed by atoms with Gasteiger partial charge in [-0.05, 0) is 32.9 Å². The molecule has 0 radical (unpaired) electrons. The number of ketones is 1. The lowest BCUT2D eigenvalue weighted by atomic mass is 10.1. The third-order valence-corrected chi connectivity index (χ3v) is 1.70. The van der Waals surface area contributed by atoms with Gasteiger partial charge in [0.25, 0.3) is 5.78 Å². The molecule has 1 aromatic rings. The lowest BCUT2D eigenvalue weighted by Crippen LogP contribution is -2.29. The maximum absolute atomic E-state index is 13.2. The normalized spacial score (nSPS) is 11.0. The Kier molecular flexibility index (Phi) is 3.42. The molecule has 0 saturated heterocycles. The average molecular weight is 224 g/mol. The molecular formula is C12H13FO3. The maximum atomic E-state index is 13.2. The van der Waals surface area contributed by atoms with Gasteiger partial charge in [0.15, 0.2) is 0 Å². The van der Waals surface area contributed by atoms with Gasteiger partial charge in [-0.15, -0.1) is 0 Å². The molecule has 0 spiro atoms. The molecule has 0 amide bonds. The van der Waals surface area contributed by atoms with Gasteiger partial charge in [0.1, 0.15) is 11.4 Å². The van der Waals surface area contributed by atoms with Crippen LogP contribution in [0.25, 0.3) is 0 Å². The van der Waals surface area contributed by atoms with E-state index in [2.05, 4.69) is 0 Å². The van der Waals surface area contributed by atoms with Gasteiger partial charge in [-0.2, -0.15) is 0 Å². The van der Waals surface area contributed by atoms with E-state index in [1.807, 2.05) is 0 Å². The van der Waals surface area contributed by atoms with Crippen LogP contribution in [0.2, 0.25) is 0 Å². The van der Waals surface area contributed by atoms with Crippen molar-refractivity contribution in [3.8, 4) is 0 Å². The molecule has 0 aliphatic carbocycles. The van der Waals surface area contributed by atoms with Crippen LogP contribution in [0.3, 0.4) is 0 Å². The van der Waals surface area contributed by atoms with Crippen LogP contribution >= 0.6 is 0 Å². The number of hydrogen-bond donors (Lipinski definition) is 0. The van der Waals surface area contributed by atoms with Crippen molar-refractivity contribution in [2.24, 2.45) is 0 Å². The quantitative estimate of drug-likeness (QED) is 0.440. The second-order valence-corrected chi connectivity index (χ2v) is 4.31. The summed E-state index contributed by atoms with van der Waals surface area (Å²) in [5.41, 5.74) is -1.03. The topological polar surface area (TPSA) is 43.4 Å². The molecule has 86 valence electrons. The fourth-order valence-corrected chi connectivity index (χ4v) is 1.08. The molecule has 0 heterocycles. The first-order valence-corrected chi connectivity index (χ1v) is 4.83. The first-order chi connectivity index (χ1) is 7.31. The Morgan fingerprint density at radius 3 is 2.25 bits per heavy atom. The molecule has 0 fully saturated rings. The van der Waals surface area contributed by atoms with Crippen LogP contribution in [0.15, 0.2) is 24.3 Å². The summed E-state index contributed by atoms with van der Waals surface area (Å²) in [6.45, 7) is 4.92. The second kappa shape index (κ2) is 4.43. The predicted octanol–water partition coefficient (Wildman–Crippen LogP) is 2.35. The van der Waals surface area contributed by atoms with Gasteiger partial charge in [0.05, 0.1) is 5.56 Å². The molecule has 4 heteroatoms. The van der Waals surface area contributed by atoms with E-state index in [9.17, 15) is 14.0 Å². The van der Waals surface area contributed by atoms with Crippen LogP contribution in [0.1, 0.15) is 31.1 Å². The zero-order chi connectivity index (χ0) is 12.3. The zero-order valence-corrected chi connectivity index (χ0v) is 9.41. The van der Waals surface area contributed by atoms with Crippen molar-refractivity contribution in [2.75, 3.05) is 0 Å². The van der Waals surface area contributed by atoms with Crippen molar-refractivity contribution >= 4 is 11.8 Å². The molecule has 16 heavy (non-hydrogen) atoms.